The third kappa shape index (κ3) is 2.77. The molecule has 1 N–H and O–H groups in total. The van der Waals surface area contributed by atoms with Gasteiger partial charge in [0, 0.05) is 18.7 Å². The van der Waals surface area contributed by atoms with Gasteiger partial charge in [-0.3, -0.25) is 0 Å². The molecule has 0 bridgehead atoms. The maximum Gasteiger partial charge on any atom is 0.125 e. The van der Waals surface area contributed by atoms with Crippen LogP contribution in [0.2, 0.25) is 0 Å². The maximum atomic E-state index is 13.1. The normalized spacial score (nSPS) is 15.6. The Kier molecular flexibility index (Phi) is 3.13. The van der Waals surface area contributed by atoms with Gasteiger partial charge in [-0.15, -0.1) is 0 Å². The van der Waals surface area contributed by atoms with E-state index in [1.165, 1.54) is 23.3 Å². The van der Waals surface area contributed by atoms with Gasteiger partial charge in [0.25, 0.3) is 0 Å². The highest BCUT2D eigenvalue weighted by Gasteiger charge is 2.29. The number of halogens is 1. The molecule has 3 heteroatoms. The van der Waals surface area contributed by atoms with Gasteiger partial charge in [0.2, 0.25) is 0 Å². The molecule has 0 spiro atoms. The van der Waals surface area contributed by atoms with Crippen LogP contribution in [0.3, 0.4) is 0 Å². The summed E-state index contributed by atoms with van der Waals surface area (Å²) in [6, 6.07) is 12.7. The van der Waals surface area contributed by atoms with Crippen LogP contribution in [-0.2, 0) is 13.0 Å². The van der Waals surface area contributed by atoms with Gasteiger partial charge in [0.15, 0.2) is 0 Å². The van der Waals surface area contributed by atoms with Crippen LogP contribution in [0.15, 0.2) is 42.5 Å². The minimum Gasteiger partial charge on any atom is -0.487 e. The molecule has 0 aliphatic carbocycles. The summed E-state index contributed by atoms with van der Waals surface area (Å²) in [5.41, 5.74) is 3.10. The Labute approximate surface area is 118 Å². The Hall–Kier alpha value is -2.03. The van der Waals surface area contributed by atoms with Crippen LogP contribution < -0.4 is 10.1 Å². The summed E-state index contributed by atoms with van der Waals surface area (Å²) in [6.45, 7) is 4.87. The molecule has 0 fully saturated rings. The highest BCUT2D eigenvalue weighted by Crippen LogP contribution is 2.35. The fourth-order valence-corrected chi connectivity index (χ4v) is 2.58. The summed E-state index contributed by atoms with van der Waals surface area (Å²) in [5.74, 6) is 0.753. The monoisotopic (exact) mass is 271 g/mol. The number of rotatable bonds is 3. The van der Waals surface area contributed by atoms with E-state index in [-0.39, 0.29) is 11.4 Å². The van der Waals surface area contributed by atoms with Crippen LogP contribution in [-0.4, -0.2) is 5.60 Å². The molecule has 0 radical (unpaired) electrons. The molecule has 0 aromatic heterocycles. The lowest BCUT2D eigenvalue weighted by atomic mass is 10.0. The van der Waals surface area contributed by atoms with E-state index in [0.717, 1.165) is 17.9 Å². The van der Waals surface area contributed by atoms with Crippen molar-refractivity contribution in [3.05, 3.63) is 59.4 Å². The zero-order chi connectivity index (χ0) is 14.2. The molecule has 0 unspecified atom stereocenters. The number of fused-ring (bicyclic) bond motifs is 1. The number of nitrogens with one attached hydrogen (secondary N) is 1. The first-order chi connectivity index (χ1) is 9.52. The minimum atomic E-state index is -0.223. The molecule has 104 valence electrons. The first-order valence-corrected chi connectivity index (χ1v) is 6.82. The molecule has 0 saturated heterocycles. The fourth-order valence-electron chi connectivity index (χ4n) is 2.58. The number of anilines is 1. The van der Waals surface area contributed by atoms with Crippen molar-refractivity contribution < 1.29 is 9.13 Å². The standard InChI is InChI=1S/C17H18FNO/c1-17(2)10-13-8-12(6-7-16(13)20-17)11-19-15-5-3-4-14(18)9-15/h3-9,19H,10-11H2,1-2H3. The third-order valence-corrected chi connectivity index (χ3v) is 3.45. The van der Waals surface area contributed by atoms with E-state index in [1.807, 2.05) is 18.2 Å². The van der Waals surface area contributed by atoms with Crippen LogP contribution in [0.25, 0.3) is 0 Å². The van der Waals surface area contributed by atoms with Crippen molar-refractivity contribution in [2.24, 2.45) is 0 Å². The maximum absolute atomic E-state index is 13.1. The summed E-state index contributed by atoms with van der Waals surface area (Å²) in [5, 5.41) is 3.23. The highest BCUT2D eigenvalue weighted by molar-refractivity contribution is 5.46. The van der Waals surface area contributed by atoms with E-state index in [9.17, 15) is 4.39 Å². The summed E-state index contributed by atoms with van der Waals surface area (Å²) in [6.07, 6.45) is 0.927. The topological polar surface area (TPSA) is 21.3 Å². The smallest absolute Gasteiger partial charge is 0.125 e. The van der Waals surface area contributed by atoms with Crippen molar-refractivity contribution in [2.45, 2.75) is 32.4 Å². The average molecular weight is 271 g/mol. The van der Waals surface area contributed by atoms with Gasteiger partial charge in [-0.25, -0.2) is 4.39 Å². The molecule has 0 amide bonds. The van der Waals surface area contributed by atoms with E-state index in [0.29, 0.717) is 6.54 Å². The largest absolute Gasteiger partial charge is 0.487 e. The summed E-state index contributed by atoms with van der Waals surface area (Å²) >= 11 is 0. The number of ether oxygens (including phenoxy) is 1. The molecule has 2 aromatic rings. The molecule has 1 aliphatic rings. The van der Waals surface area contributed by atoms with Crippen LogP contribution in [0.4, 0.5) is 10.1 Å². The highest BCUT2D eigenvalue weighted by atomic mass is 19.1. The molecular formula is C17H18FNO. The summed E-state index contributed by atoms with van der Waals surface area (Å²) in [7, 11) is 0. The fraction of sp³-hybridized carbons (Fsp3) is 0.294. The zero-order valence-corrected chi connectivity index (χ0v) is 11.7. The second-order valence-corrected chi connectivity index (χ2v) is 5.84. The molecule has 2 aromatic carbocycles. The predicted octanol–water partition coefficient (Wildman–Crippen LogP) is 4.15. The first-order valence-electron chi connectivity index (χ1n) is 6.82. The van der Waals surface area contributed by atoms with Crippen molar-refractivity contribution in [3.8, 4) is 5.75 Å². The van der Waals surface area contributed by atoms with Crippen molar-refractivity contribution in [1.29, 1.82) is 0 Å². The van der Waals surface area contributed by atoms with Crippen LogP contribution in [0.1, 0.15) is 25.0 Å². The Morgan fingerprint density at radius 3 is 2.85 bits per heavy atom. The van der Waals surface area contributed by atoms with Gasteiger partial charge < -0.3 is 10.1 Å². The van der Waals surface area contributed by atoms with Gasteiger partial charge in [-0.05, 0) is 49.2 Å². The molecule has 0 saturated carbocycles. The molecule has 1 heterocycles. The van der Waals surface area contributed by atoms with Gasteiger partial charge >= 0.3 is 0 Å². The summed E-state index contributed by atoms with van der Waals surface area (Å²) < 4.78 is 19.0. The molecule has 20 heavy (non-hydrogen) atoms. The second-order valence-electron chi connectivity index (χ2n) is 5.84. The molecule has 3 rings (SSSR count). The summed E-state index contributed by atoms with van der Waals surface area (Å²) in [4.78, 5) is 0. The van der Waals surface area contributed by atoms with E-state index in [2.05, 4.69) is 25.2 Å². The van der Waals surface area contributed by atoms with Gasteiger partial charge in [-0.1, -0.05) is 18.2 Å². The molecular weight excluding hydrogens is 253 g/mol. The Morgan fingerprint density at radius 2 is 2.05 bits per heavy atom. The Morgan fingerprint density at radius 1 is 1.20 bits per heavy atom. The lowest BCUT2D eigenvalue weighted by Crippen LogP contribution is -2.24. The van der Waals surface area contributed by atoms with E-state index < -0.39 is 0 Å². The van der Waals surface area contributed by atoms with Gasteiger partial charge in [0.1, 0.15) is 17.2 Å². The zero-order valence-electron chi connectivity index (χ0n) is 11.7. The molecule has 2 nitrogen and oxygen atoms in total. The lowest BCUT2D eigenvalue weighted by molar-refractivity contribution is 0.138. The van der Waals surface area contributed by atoms with Crippen LogP contribution in [0, 0.1) is 5.82 Å². The van der Waals surface area contributed by atoms with Crippen LogP contribution in [0.5, 0.6) is 5.75 Å². The lowest BCUT2D eigenvalue weighted by Gasteiger charge is -2.16. The SMILES string of the molecule is CC1(C)Cc2cc(CNc3cccc(F)c3)ccc2O1. The molecule has 1 aliphatic heterocycles. The van der Waals surface area contributed by atoms with E-state index >= 15 is 0 Å². The van der Waals surface area contributed by atoms with Gasteiger partial charge in [0.05, 0.1) is 0 Å². The quantitative estimate of drug-likeness (QED) is 0.905. The number of hydrogen-bond acceptors (Lipinski definition) is 2. The van der Waals surface area contributed by atoms with Crippen molar-refractivity contribution >= 4 is 5.69 Å². The minimum absolute atomic E-state index is 0.114. The third-order valence-electron chi connectivity index (χ3n) is 3.45. The average Bonchev–Trinajstić information content (AvgIpc) is 2.69. The second kappa shape index (κ2) is 4.82. The Balaban J connectivity index is 1.71. The van der Waals surface area contributed by atoms with Gasteiger partial charge in [-0.2, -0.15) is 0 Å². The van der Waals surface area contributed by atoms with Crippen LogP contribution >= 0.6 is 0 Å². The van der Waals surface area contributed by atoms with Crippen molar-refractivity contribution in [3.63, 3.8) is 0 Å². The Bertz CT molecular complexity index is 637. The van der Waals surface area contributed by atoms with Crippen molar-refractivity contribution in [1.82, 2.24) is 0 Å². The van der Waals surface area contributed by atoms with E-state index in [4.69, 9.17) is 4.74 Å². The number of hydrogen-bond donors (Lipinski definition) is 1. The predicted molar refractivity (Wildman–Crippen MR) is 78.6 cm³/mol. The molecule has 0 atom stereocenters. The van der Waals surface area contributed by atoms with Crippen molar-refractivity contribution in [2.75, 3.05) is 5.32 Å². The van der Waals surface area contributed by atoms with E-state index in [1.54, 1.807) is 6.07 Å². The first kappa shape index (κ1) is 13.0. The number of benzene rings is 2.